The van der Waals surface area contributed by atoms with Gasteiger partial charge in [-0.3, -0.25) is 0 Å². The number of allylic oxidation sites excluding steroid dienone is 3. The van der Waals surface area contributed by atoms with Gasteiger partial charge in [0.25, 0.3) is 0 Å². The molecule has 0 amide bonds. The summed E-state index contributed by atoms with van der Waals surface area (Å²) in [5, 5.41) is 20.7. The monoisotopic (exact) mass is 340 g/mol. The number of halogens is 1. The van der Waals surface area contributed by atoms with Gasteiger partial charge in [0.2, 0.25) is 0 Å². The zero-order valence-electron chi connectivity index (χ0n) is 15.1. The number of aliphatic hydroxyl groups excluding tert-OH is 1. The van der Waals surface area contributed by atoms with Crippen LogP contribution in [-0.4, -0.2) is 27.3 Å². The summed E-state index contributed by atoms with van der Waals surface area (Å²) in [5.74, 6) is 0.864. The first-order valence-corrected chi connectivity index (χ1v) is 9.13. The standard InChI is InChI=1S/C20H33ClO2/c1-14(2)17-8-7-16(4)19(21)9-6-15(3)12-18(22)13-20(5,23)11-10-17/h10-12,14,17-19,22-23H,4,6-9,13H2,1-3,5H3/b11-10+,15-12-/t17-,18-,19-,20-/m1/s1. The quantitative estimate of drug-likeness (QED) is 0.521. The number of alkyl halides is 1. The molecule has 1 aliphatic carbocycles. The Labute approximate surface area is 146 Å². The van der Waals surface area contributed by atoms with Gasteiger partial charge in [-0.05, 0) is 51.4 Å². The minimum atomic E-state index is -1.00. The fourth-order valence-corrected chi connectivity index (χ4v) is 3.23. The van der Waals surface area contributed by atoms with Gasteiger partial charge in [0.15, 0.2) is 0 Å². The average Bonchev–Trinajstić information content (AvgIpc) is 2.42. The van der Waals surface area contributed by atoms with Crippen molar-refractivity contribution in [3.8, 4) is 0 Å². The Morgan fingerprint density at radius 1 is 1.30 bits per heavy atom. The molecule has 0 saturated carbocycles. The second kappa shape index (κ2) is 9.05. The molecule has 1 rings (SSSR count). The second-order valence-corrected chi connectivity index (χ2v) is 8.14. The molecule has 2 nitrogen and oxygen atoms in total. The van der Waals surface area contributed by atoms with Crippen LogP contribution in [0.2, 0.25) is 0 Å². The number of aliphatic hydroxyl groups is 2. The lowest BCUT2D eigenvalue weighted by Gasteiger charge is -2.25. The Bertz CT molecular complexity index is 449. The van der Waals surface area contributed by atoms with E-state index in [9.17, 15) is 10.2 Å². The van der Waals surface area contributed by atoms with Gasteiger partial charge in [0.1, 0.15) is 0 Å². The van der Waals surface area contributed by atoms with E-state index in [1.54, 1.807) is 6.92 Å². The molecule has 0 radical (unpaired) electrons. The molecule has 0 unspecified atom stereocenters. The fourth-order valence-electron chi connectivity index (χ4n) is 3.01. The molecule has 4 atom stereocenters. The lowest BCUT2D eigenvalue weighted by molar-refractivity contribution is 0.0565. The van der Waals surface area contributed by atoms with Gasteiger partial charge in [-0.25, -0.2) is 0 Å². The molecule has 0 saturated heterocycles. The van der Waals surface area contributed by atoms with Gasteiger partial charge in [-0.2, -0.15) is 0 Å². The summed E-state index contributed by atoms with van der Waals surface area (Å²) in [6.45, 7) is 12.3. The third-order valence-corrected chi connectivity index (χ3v) is 5.22. The van der Waals surface area contributed by atoms with Crippen molar-refractivity contribution in [1.29, 1.82) is 0 Å². The molecule has 0 aromatic carbocycles. The Kier molecular flexibility index (Phi) is 8.06. The third kappa shape index (κ3) is 7.69. The predicted octanol–water partition coefficient (Wildman–Crippen LogP) is 5.00. The van der Waals surface area contributed by atoms with Crippen molar-refractivity contribution in [2.24, 2.45) is 11.8 Å². The van der Waals surface area contributed by atoms with E-state index in [0.29, 0.717) is 18.3 Å². The van der Waals surface area contributed by atoms with Crippen LogP contribution in [0.5, 0.6) is 0 Å². The Hall–Kier alpha value is -0.570. The van der Waals surface area contributed by atoms with Crippen LogP contribution in [-0.2, 0) is 0 Å². The number of hydrogen-bond acceptors (Lipinski definition) is 2. The zero-order chi connectivity index (χ0) is 17.6. The smallest absolute Gasteiger partial charge is 0.0827 e. The van der Waals surface area contributed by atoms with E-state index in [1.165, 1.54) is 0 Å². The highest BCUT2D eigenvalue weighted by atomic mass is 35.5. The highest BCUT2D eigenvalue weighted by molar-refractivity contribution is 6.22. The molecule has 132 valence electrons. The van der Waals surface area contributed by atoms with Crippen LogP contribution in [0.1, 0.15) is 59.8 Å². The fraction of sp³-hybridized carbons (Fsp3) is 0.700. The first-order chi connectivity index (χ1) is 10.6. The lowest BCUT2D eigenvalue weighted by atomic mass is 9.86. The van der Waals surface area contributed by atoms with Gasteiger partial charge < -0.3 is 10.2 Å². The maximum absolute atomic E-state index is 10.5. The molecule has 2 N–H and O–H groups in total. The molecule has 0 spiro atoms. The molecule has 0 aliphatic heterocycles. The minimum absolute atomic E-state index is 0.0154. The van der Waals surface area contributed by atoms with E-state index in [4.69, 9.17) is 11.6 Å². The van der Waals surface area contributed by atoms with Crippen molar-refractivity contribution in [3.05, 3.63) is 36.0 Å². The van der Waals surface area contributed by atoms with Crippen molar-refractivity contribution in [2.45, 2.75) is 76.9 Å². The molecule has 0 aromatic rings. The molecule has 0 bridgehead atoms. The number of rotatable bonds is 1. The lowest BCUT2D eigenvalue weighted by Crippen LogP contribution is -2.27. The van der Waals surface area contributed by atoms with Gasteiger partial charge in [-0.15, -0.1) is 11.6 Å². The topological polar surface area (TPSA) is 40.5 Å². The maximum Gasteiger partial charge on any atom is 0.0827 e. The Morgan fingerprint density at radius 2 is 1.96 bits per heavy atom. The molecule has 0 fully saturated rings. The molecule has 0 heterocycles. The molecule has 23 heavy (non-hydrogen) atoms. The normalized spacial score (nSPS) is 38.7. The molecule has 3 heteroatoms. The first-order valence-electron chi connectivity index (χ1n) is 8.69. The van der Waals surface area contributed by atoms with Gasteiger partial charge in [-0.1, -0.05) is 49.8 Å². The van der Waals surface area contributed by atoms with Crippen molar-refractivity contribution in [1.82, 2.24) is 0 Å². The van der Waals surface area contributed by atoms with Crippen LogP contribution in [0.3, 0.4) is 0 Å². The molecule has 1 aliphatic rings. The van der Waals surface area contributed by atoms with Gasteiger partial charge in [0, 0.05) is 6.42 Å². The summed E-state index contributed by atoms with van der Waals surface area (Å²) in [6.07, 6.45) is 9.02. The summed E-state index contributed by atoms with van der Waals surface area (Å²) in [4.78, 5) is 0. The van der Waals surface area contributed by atoms with Gasteiger partial charge in [0.05, 0.1) is 17.1 Å². The van der Waals surface area contributed by atoms with Crippen LogP contribution in [0.25, 0.3) is 0 Å². The van der Waals surface area contributed by atoms with Crippen molar-refractivity contribution in [3.63, 3.8) is 0 Å². The summed E-state index contributed by atoms with van der Waals surface area (Å²) < 4.78 is 0. The van der Waals surface area contributed by atoms with E-state index in [2.05, 4.69) is 26.5 Å². The summed E-state index contributed by atoms with van der Waals surface area (Å²) in [6, 6.07) is 0. The summed E-state index contributed by atoms with van der Waals surface area (Å²) >= 11 is 6.46. The van der Waals surface area contributed by atoms with Crippen LogP contribution < -0.4 is 0 Å². The van der Waals surface area contributed by atoms with Crippen molar-refractivity contribution in [2.75, 3.05) is 0 Å². The van der Waals surface area contributed by atoms with E-state index < -0.39 is 11.7 Å². The average molecular weight is 341 g/mol. The second-order valence-electron chi connectivity index (χ2n) is 7.61. The summed E-state index contributed by atoms with van der Waals surface area (Å²) in [5.41, 5.74) is 1.19. The van der Waals surface area contributed by atoms with Crippen LogP contribution in [0.4, 0.5) is 0 Å². The number of hydrogen-bond donors (Lipinski definition) is 2. The Morgan fingerprint density at radius 3 is 2.57 bits per heavy atom. The highest BCUT2D eigenvalue weighted by Gasteiger charge is 2.22. The SMILES string of the molecule is C=C1CC[C@@H](C(C)C)/C=C/[C@@](C)(O)C[C@H](O)/C=C(/C)CC[C@H]1Cl. The van der Waals surface area contributed by atoms with E-state index in [0.717, 1.165) is 36.8 Å². The minimum Gasteiger partial charge on any atom is -0.389 e. The highest BCUT2D eigenvalue weighted by Crippen LogP contribution is 2.28. The van der Waals surface area contributed by atoms with Crippen molar-refractivity contribution >= 4 is 11.6 Å². The molecule has 0 aromatic heterocycles. The van der Waals surface area contributed by atoms with Crippen LogP contribution >= 0.6 is 11.6 Å². The van der Waals surface area contributed by atoms with Gasteiger partial charge >= 0.3 is 0 Å². The predicted molar refractivity (Wildman–Crippen MR) is 99.7 cm³/mol. The zero-order valence-corrected chi connectivity index (χ0v) is 15.8. The summed E-state index contributed by atoms with van der Waals surface area (Å²) in [7, 11) is 0. The largest absolute Gasteiger partial charge is 0.389 e. The third-order valence-electron chi connectivity index (χ3n) is 4.69. The van der Waals surface area contributed by atoms with E-state index in [1.807, 2.05) is 19.1 Å². The first kappa shape index (κ1) is 20.5. The molecular weight excluding hydrogens is 308 g/mol. The maximum atomic E-state index is 10.5. The van der Waals surface area contributed by atoms with E-state index in [-0.39, 0.29) is 5.38 Å². The van der Waals surface area contributed by atoms with Crippen LogP contribution in [0.15, 0.2) is 36.0 Å². The van der Waals surface area contributed by atoms with Crippen molar-refractivity contribution < 1.29 is 10.2 Å². The van der Waals surface area contributed by atoms with E-state index >= 15 is 0 Å². The molecular formula is C20H33ClO2. The Balaban J connectivity index is 2.98. The van der Waals surface area contributed by atoms with Crippen LogP contribution in [0, 0.1) is 11.8 Å².